The van der Waals surface area contributed by atoms with Crippen LogP contribution < -0.4 is 35.9 Å². The Bertz CT molecular complexity index is 1380. The molecule has 0 spiro atoms. The van der Waals surface area contributed by atoms with Gasteiger partial charge in [-0.05, 0) is 47.0 Å². The molecular weight excluding hydrogens is 442 g/mol. The third-order valence-corrected chi connectivity index (χ3v) is 6.30. The Morgan fingerprint density at radius 3 is 2.36 bits per heavy atom. The highest BCUT2D eigenvalue weighted by Crippen LogP contribution is 2.44. The van der Waals surface area contributed by atoms with E-state index in [0.29, 0.717) is 11.5 Å². The van der Waals surface area contributed by atoms with Crippen molar-refractivity contribution in [3.05, 3.63) is 60.3 Å². The van der Waals surface area contributed by atoms with Gasteiger partial charge >= 0.3 is 0 Å². The number of ether oxygens (including phenoxy) is 4. The maximum atomic E-state index is 9.77. The average Bonchev–Trinajstić information content (AvgIpc) is 3.28. The van der Waals surface area contributed by atoms with Crippen LogP contribution in [0.15, 0.2) is 54.7 Å². The monoisotopic (exact) mass is 463 g/mol. The smallest absolute Gasteiger partial charge is 0.231 e. The minimum absolute atomic E-state index is 0. The van der Waals surface area contributed by atoms with E-state index in [1.807, 2.05) is 18.2 Å². The summed E-state index contributed by atoms with van der Waals surface area (Å²) in [5.74, 6) is 3.20. The Hall–Kier alpha value is -3.64. The predicted octanol–water partition coefficient (Wildman–Crippen LogP) is 1.47. The molecule has 4 aromatic rings. The van der Waals surface area contributed by atoms with Crippen molar-refractivity contribution < 1.29 is 41.0 Å². The average molecular weight is 464 g/mol. The second kappa shape index (κ2) is 8.05. The molecule has 1 aromatic heterocycles. The Morgan fingerprint density at radius 1 is 0.879 bits per heavy atom. The molecule has 168 valence electrons. The fourth-order valence-corrected chi connectivity index (χ4v) is 4.73. The zero-order chi connectivity index (χ0) is 21.8. The first-order valence-electron chi connectivity index (χ1n) is 10.5. The number of rotatable bonds is 3. The number of aromatic nitrogens is 1. The molecule has 6 rings (SSSR count). The van der Waals surface area contributed by atoms with Gasteiger partial charge in [-0.25, -0.2) is 0 Å². The first kappa shape index (κ1) is 21.2. The van der Waals surface area contributed by atoms with Gasteiger partial charge in [-0.15, -0.1) is 0 Å². The van der Waals surface area contributed by atoms with Crippen molar-refractivity contribution in [1.82, 2.24) is 0 Å². The number of phenols is 1. The minimum Gasteiger partial charge on any atom is -1.00 e. The van der Waals surface area contributed by atoms with Crippen LogP contribution in [-0.4, -0.2) is 26.1 Å². The number of pyridine rings is 1. The van der Waals surface area contributed by atoms with Crippen LogP contribution in [0.25, 0.3) is 33.2 Å². The van der Waals surface area contributed by atoms with Crippen molar-refractivity contribution in [3.63, 3.8) is 0 Å². The maximum absolute atomic E-state index is 9.77. The second-order valence-corrected chi connectivity index (χ2v) is 8.00. The number of methoxy groups -OCH3 is 2. The number of hydrogen-bond acceptors (Lipinski definition) is 5. The number of nitrogens with zero attached hydrogens (tertiary/aromatic N) is 1. The number of aryl methyl sites for hydroxylation is 2. The van der Waals surface area contributed by atoms with E-state index in [1.54, 1.807) is 26.4 Å². The third-order valence-electron chi connectivity index (χ3n) is 6.30. The number of phenolic OH excluding ortho intramolecular Hbond substituents is 1. The van der Waals surface area contributed by atoms with E-state index < -0.39 is 0 Å². The lowest BCUT2D eigenvalue weighted by Gasteiger charge is -2.19. The lowest BCUT2D eigenvalue weighted by Crippen LogP contribution is -3.00. The van der Waals surface area contributed by atoms with E-state index in [0.717, 1.165) is 57.6 Å². The SMILES string of the molecule is COc1cc(-c2ccc(O)cc2)c2cc3[n+](cc2c1OC)CCc1cc2c(cc1-3)OCO2.[Cl-]. The van der Waals surface area contributed by atoms with E-state index in [4.69, 9.17) is 18.9 Å². The van der Waals surface area contributed by atoms with Gasteiger partial charge in [0, 0.05) is 17.9 Å². The Labute approximate surface area is 197 Å². The van der Waals surface area contributed by atoms with Gasteiger partial charge in [0.2, 0.25) is 12.5 Å². The molecule has 0 saturated heterocycles. The summed E-state index contributed by atoms with van der Waals surface area (Å²) in [6.07, 6.45) is 3.05. The summed E-state index contributed by atoms with van der Waals surface area (Å²) >= 11 is 0. The van der Waals surface area contributed by atoms with Crippen LogP contribution in [0.2, 0.25) is 0 Å². The van der Waals surface area contributed by atoms with Crippen LogP contribution in [0.1, 0.15) is 5.56 Å². The molecule has 0 atom stereocenters. The van der Waals surface area contributed by atoms with E-state index in [1.165, 1.54) is 5.56 Å². The van der Waals surface area contributed by atoms with Crippen molar-refractivity contribution in [3.8, 4) is 51.1 Å². The molecule has 2 aliphatic heterocycles. The molecule has 0 unspecified atom stereocenters. The zero-order valence-corrected chi connectivity index (χ0v) is 19.0. The van der Waals surface area contributed by atoms with Crippen molar-refractivity contribution in [1.29, 1.82) is 0 Å². The molecule has 2 aliphatic rings. The van der Waals surface area contributed by atoms with Crippen LogP contribution in [0, 0.1) is 0 Å². The summed E-state index contributed by atoms with van der Waals surface area (Å²) in [7, 11) is 3.31. The first-order chi connectivity index (χ1) is 15.7. The van der Waals surface area contributed by atoms with E-state index in [2.05, 4.69) is 29.0 Å². The van der Waals surface area contributed by atoms with Crippen LogP contribution >= 0.6 is 0 Å². The number of fused-ring (bicyclic) bond motifs is 5. The quantitative estimate of drug-likeness (QED) is 0.466. The molecule has 3 aromatic carbocycles. The van der Waals surface area contributed by atoms with Gasteiger partial charge in [0.25, 0.3) is 0 Å². The van der Waals surface area contributed by atoms with Gasteiger partial charge in [-0.1, -0.05) is 12.1 Å². The van der Waals surface area contributed by atoms with Crippen molar-refractivity contribution in [2.24, 2.45) is 0 Å². The predicted molar refractivity (Wildman–Crippen MR) is 120 cm³/mol. The summed E-state index contributed by atoms with van der Waals surface area (Å²) in [5.41, 5.74) is 5.51. The number of aromatic hydroxyl groups is 1. The molecular formula is C26H22ClNO5. The zero-order valence-electron chi connectivity index (χ0n) is 18.2. The molecule has 3 heterocycles. The lowest BCUT2D eigenvalue weighted by molar-refractivity contribution is -0.686. The topological polar surface area (TPSA) is 61.0 Å². The Kier molecular flexibility index (Phi) is 5.17. The number of benzene rings is 3. The summed E-state index contributed by atoms with van der Waals surface area (Å²) < 4.78 is 24.9. The van der Waals surface area contributed by atoms with Crippen molar-refractivity contribution in [2.45, 2.75) is 13.0 Å². The van der Waals surface area contributed by atoms with Gasteiger partial charge in [0.1, 0.15) is 5.75 Å². The van der Waals surface area contributed by atoms with E-state index in [-0.39, 0.29) is 24.9 Å². The first-order valence-corrected chi connectivity index (χ1v) is 10.5. The van der Waals surface area contributed by atoms with E-state index in [9.17, 15) is 5.11 Å². The minimum atomic E-state index is 0. The molecule has 0 saturated carbocycles. The molecule has 0 amide bonds. The molecule has 7 heteroatoms. The molecule has 0 aliphatic carbocycles. The summed E-state index contributed by atoms with van der Waals surface area (Å²) in [6, 6.07) is 15.6. The van der Waals surface area contributed by atoms with Crippen LogP contribution in [0.5, 0.6) is 28.7 Å². The fraction of sp³-hybridized carbons (Fsp3) is 0.192. The highest BCUT2D eigenvalue weighted by Gasteiger charge is 2.29. The third kappa shape index (κ3) is 3.29. The molecule has 0 bridgehead atoms. The van der Waals surface area contributed by atoms with Crippen LogP contribution in [0.3, 0.4) is 0 Å². The molecule has 6 nitrogen and oxygen atoms in total. The van der Waals surface area contributed by atoms with Gasteiger partial charge in [-0.2, -0.15) is 4.57 Å². The molecule has 1 N–H and O–H groups in total. The Morgan fingerprint density at radius 2 is 1.64 bits per heavy atom. The van der Waals surface area contributed by atoms with Gasteiger partial charge in [-0.3, -0.25) is 0 Å². The number of halogens is 1. The summed E-state index contributed by atoms with van der Waals surface area (Å²) in [5, 5.41) is 11.8. The molecule has 33 heavy (non-hydrogen) atoms. The van der Waals surface area contributed by atoms with Crippen molar-refractivity contribution in [2.75, 3.05) is 21.0 Å². The molecule has 0 fully saturated rings. The Balaban J connectivity index is 0.00000228. The summed E-state index contributed by atoms with van der Waals surface area (Å²) in [6.45, 7) is 1.12. The summed E-state index contributed by atoms with van der Waals surface area (Å²) in [4.78, 5) is 0. The standard InChI is InChI=1S/C26H21NO5.ClH/c1-29-25-11-18(15-3-5-17(28)6-4-15)20-10-22-19-12-24-23(31-14-32-24)9-16(19)7-8-27(22)13-21(20)26(25)30-2;/h3-6,9-13H,7-8,14H2,1-2H3;1H. The second-order valence-electron chi connectivity index (χ2n) is 8.00. The highest BCUT2D eigenvalue weighted by atomic mass is 35.5. The van der Waals surface area contributed by atoms with Gasteiger partial charge < -0.3 is 36.5 Å². The van der Waals surface area contributed by atoms with Crippen LogP contribution in [-0.2, 0) is 13.0 Å². The van der Waals surface area contributed by atoms with Crippen LogP contribution in [0.4, 0.5) is 0 Å². The van der Waals surface area contributed by atoms with Gasteiger partial charge in [0.05, 0.1) is 25.2 Å². The normalized spacial score (nSPS) is 13.2. The lowest BCUT2D eigenvalue weighted by atomic mass is 9.92. The van der Waals surface area contributed by atoms with E-state index >= 15 is 0 Å². The van der Waals surface area contributed by atoms with Crippen molar-refractivity contribution >= 4 is 10.8 Å². The largest absolute Gasteiger partial charge is 1.00 e. The molecule has 0 radical (unpaired) electrons. The highest BCUT2D eigenvalue weighted by molar-refractivity contribution is 6.02. The maximum Gasteiger partial charge on any atom is 0.231 e. The fourth-order valence-electron chi connectivity index (χ4n) is 4.73. The van der Waals surface area contributed by atoms with Gasteiger partial charge in [0.15, 0.2) is 35.7 Å². The number of hydrogen-bond donors (Lipinski definition) is 1.